The molecule has 0 amide bonds. The van der Waals surface area contributed by atoms with Gasteiger partial charge in [-0.25, -0.2) is 0 Å². The molecular formula is C17H18BrN3OS. The second-order valence-corrected chi connectivity index (χ2v) is 7.12. The molecule has 4 nitrogen and oxygen atoms in total. The van der Waals surface area contributed by atoms with Crippen molar-refractivity contribution in [2.75, 3.05) is 0 Å². The molecule has 23 heavy (non-hydrogen) atoms. The van der Waals surface area contributed by atoms with E-state index in [0.29, 0.717) is 0 Å². The van der Waals surface area contributed by atoms with Crippen LogP contribution < -0.4 is 0 Å². The lowest BCUT2D eigenvalue weighted by atomic mass is 10.2. The van der Waals surface area contributed by atoms with Gasteiger partial charge in [-0.05, 0) is 37.1 Å². The minimum absolute atomic E-state index is 0.874. The van der Waals surface area contributed by atoms with Crippen LogP contribution in [0.25, 0.3) is 11.4 Å². The van der Waals surface area contributed by atoms with Crippen molar-refractivity contribution in [2.45, 2.75) is 37.7 Å². The number of aryl methyl sites for hydroxylation is 1. The Labute approximate surface area is 148 Å². The van der Waals surface area contributed by atoms with E-state index in [4.69, 9.17) is 4.42 Å². The maximum absolute atomic E-state index is 5.41. The summed E-state index contributed by atoms with van der Waals surface area (Å²) in [7, 11) is 0. The molecule has 1 aromatic carbocycles. The van der Waals surface area contributed by atoms with Gasteiger partial charge in [0.15, 0.2) is 11.0 Å². The van der Waals surface area contributed by atoms with Crippen molar-refractivity contribution in [3.8, 4) is 11.4 Å². The fourth-order valence-electron chi connectivity index (χ4n) is 2.37. The Morgan fingerprint density at radius 3 is 2.61 bits per heavy atom. The van der Waals surface area contributed by atoms with E-state index in [1.165, 1.54) is 5.56 Å². The van der Waals surface area contributed by atoms with Crippen molar-refractivity contribution in [3.05, 3.63) is 52.4 Å². The number of hydrogen-bond donors (Lipinski definition) is 0. The quantitative estimate of drug-likeness (QED) is 0.533. The minimum atomic E-state index is 0.874. The van der Waals surface area contributed by atoms with Crippen LogP contribution in [0.4, 0.5) is 0 Å². The van der Waals surface area contributed by atoms with E-state index in [-0.39, 0.29) is 0 Å². The first-order valence-corrected chi connectivity index (χ1v) is 9.31. The van der Waals surface area contributed by atoms with Gasteiger partial charge in [0.2, 0.25) is 0 Å². The van der Waals surface area contributed by atoms with Gasteiger partial charge < -0.3 is 8.98 Å². The third-order valence-corrected chi connectivity index (χ3v) is 5.11. The molecule has 0 unspecified atom stereocenters. The summed E-state index contributed by atoms with van der Waals surface area (Å²) in [6.07, 6.45) is 2.73. The molecule has 0 bridgehead atoms. The maximum atomic E-state index is 5.41. The molecule has 0 aliphatic rings. The van der Waals surface area contributed by atoms with Gasteiger partial charge in [0.1, 0.15) is 5.76 Å². The zero-order valence-corrected chi connectivity index (χ0v) is 15.5. The fourth-order valence-corrected chi connectivity index (χ4v) is 3.55. The summed E-state index contributed by atoms with van der Waals surface area (Å²) in [5, 5.41) is 9.73. The molecule has 120 valence electrons. The lowest BCUT2D eigenvalue weighted by Gasteiger charge is -2.08. The van der Waals surface area contributed by atoms with E-state index in [2.05, 4.69) is 61.9 Å². The molecule has 3 rings (SSSR count). The average Bonchev–Trinajstić information content (AvgIpc) is 3.13. The molecule has 0 N–H and O–H groups in total. The first-order chi connectivity index (χ1) is 11.2. The molecule has 2 aromatic heterocycles. The van der Waals surface area contributed by atoms with Crippen molar-refractivity contribution in [2.24, 2.45) is 0 Å². The number of rotatable bonds is 6. The van der Waals surface area contributed by atoms with Crippen LogP contribution >= 0.6 is 27.7 Å². The zero-order valence-electron chi connectivity index (χ0n) is 13.1. The molecule has 0 aliphatic carbocycles. The average molecular weight is 392 g/mol. The van der Waals surface area contributed by atoms with Gasteiger partial charge in [0.05, 0.1) is 11.8 Å². The Bertz CT molecular complexity index is 779. The molecule has 3 aromatic rings. The van der Waals surface area contributed by atoms with E-state index in [0.717, 1.165) is 45.5 Å². The monoisotopic (exact) mass is 391 g/mol. The number of thioether (sulfide) groups is 1. The van der Waals surface area contributed by atoms with Crippen LogP contribution in [0.2, 0.25) is 0 Å². The molecule has 0 saturated heterocycles. The van der Waals surface area contributed by atoms with Gasteiger partial charge in [0.25, 0.3) is 0 Å². The molecule has 0 spiro atoms. The van der Waals surface area contributed by atoms with Crippen LogP contribution in [0.3, 0.4) is 0 Å². The predicted octanol–water partition coefficient (Wildman–Crippen LogP) is 5.31. The standard InChI is InChI=1S/C17H18BrN3OS/c1-3-9-21-16(15-8-10-22-12(15)2)19-20-17(21)23-11-13-4-6-14(18)7-5-13/h4-8,10H,3,9,11H2,1-2H3. The molecule has 0 fully saturated rings. The second-order valence-electron chi connectivity index (χ2n) is 5.26. The number of hydrogen-bond acceptors (Lipinski definition) is 4. The van der Waals surface area contributed by atoms with Gasteiger partial charge in [-0.3, -0.25) is 0 Å². The second kappa shape index (κ2) is 7.36. The molecule has 2 heterocycles. The summed E-state index contributed by atoms with van der Waals surface area (Å²) in [5.74, 6) is 2.63. The molecular weight excluding hydrogens is 374 g/mol. The van der Waals surface area contributed by atoms with Crippen LogP contribution in [0.15, 0.2) is 50.6 Å². The number of benzene rings is 1. The van der Waals surface area contributed by atoms with Gasteiger partial charge in [-0.1, -0.05) is 46.7 Å². The van der Waals surface area contributed by atoms with Crippen LogP contribution in [-0.2, 0) is 12.3 Å². The van der Waals surface area contributed by atoms with Crippen molar-refractivity contribution in [1.29, 1.82) is 0 Å². The topological polar surface area (TPSA) is 43.9 Å². The molecule has 0 saturated carbocycles. The largest absolute Gasteiger partial charge is 0.469 e. The van der Waals surface area contributed by atoms with Crippen LogP contribution in [0.5, 0.6) is 0 Å². The van der Waals surface area contributed by atoms with Gasteiger partial charge >= 0.3 is 0 Å². The van der Waals surface area contributed by atoms with E-state index < -0.39 is 0 Å². The first-order valence-electron chi connectivity index (χ1n) is 7.54. The van der Waals surface area contributed by atoms with Crippen molar-refractivity contribution < 1.29 is 4.42 Å². The third kappa shape index (κ3) is 3.70. The third-order valence-electron chi connectivity index (χ3n) is 3.54. The smallest absolute Gasteiger partial charge is 0.191 e. The van der Waals surface area contributed by atoms with Crippen LogP contribution in [0, 0.1) is 6.92 Å². The summed E-state index contributed by atoms with van der Waals surface area (Å²) in [4.78, 5) is 0. The number of aromatic nitrogens is 3. The Hall–Kier alpha value is -1.53. The Morgan fingerprint density at radius 1 is 1.17 bits per heavy atom. The van der Waals surface area contributed by atoms with Gasteiger partial charge in [-0.15, -0.1) is 10.2 Å². The molecule has 0 aliphatic heterocycles. The van der Waals surface area contributed by atoms with Gasteiger partial charge in [-0.2, -0.15) is 0 Å². The van der Waals surface area contributed by atoms with Crippen molar-refractivity contribution in [1.82, 2.24) is 14.8 Å². The van der Waals surface area contributed by atoms with Crippen molar-refractivity contribution in [3.63, 3.8) is 0 Å². The number of halogens is 1. The van der Waals surface area contributed by atoms with E-state index in [9.17, 15) is 0 Å². The summed E-state index contributed by atoms with van der Waals surface area (Å²) >= 11 is 5.18. The molecule has 0 radical (unpaired) electrons. The highest BCUT2D eigenvalue weighted by Gasteiger charge is 2.16. The molecule has 6 heteroatoms. The minimum Gasteiger partial charge on any atom is -0.469 e. The van der Waals surface area contributed by atoms with E-state index in [1.54, 1.807) is 18.0 Å². The molecule has 0 atom stereocenters. The zero-order chi connectivity index (χ0) is 16.2. The first kappa shape index (κ1) is 16.3. The lowest BCUT2D eigenvalue weighted by molar-refractivity contribution is 0.534. The predicted molar refractivity (Wildman–Crippen MR) is 96.5 cm³/mol. The number of furan rings is 1. The van der Waals surface area contributed by atoms with Crippen molar-refractivity contribution >= 4 is 27.7 Å². The van der Waals surface area contributed by atoms with E-state index >= 15 is 0 Å². The lowest BCUT2D eigenvalue weighted by Crippen LogP contribution is -2.02. The highest BCUT2D eigenvalue weighted by molar-refractivity contribution is 9.10. The van der Waals surface area contributed by atoms with Crippen LogP contribution in [0.1, 0.15) is 24.7 Å². The van der Waals surface area contributed by atoms with Gasteiger partial charge in [0, 0.05) is 16.8 Å². The maximum Gasteiger partial charge on any atom is 0.191 e. The fraction of sp³-hybridized carbons (Fsp3) is 0.294. The summed E-state index contributed by atoms with van der Waals surface area (Å²) < 4.78 is 8.69. The number of nitrogens with zero attached hydrogens (tertiary/aromatic N) is 3. The van der Waals surface area contributed by atoms with E-state index in [1.807, 2.05) is 13.0 Å². The highest BCUT2D eigenvalue weighted by atomic mass is 79.9. The summed E-state index contributed by atoms with van der Waals surface area (Å²) in [5.41, 5.74) is 2.28. The summed E-state index contributed by atoms with van der Waals surface area (Å²) in [6.45, 7) is 5.01. The normalized spacial score (nSPS) is 11.1. The Morgan fingerprint density at radius 2 is 1.96 bits per heavy atom. The Kier molecular flexibility index (Phi) is 5.23. The summed E-state index contributed by atoms with van der Waals surface area (Å²) in [6, 6.07) is 10.3. The SMILES string of the molecule is CCCn1c(SCc2ccc(Br)cc2)nnc1-c1ccoc1C. The highest BCUT2D eigenvalue weighted by Crippen LogP contribution is 2.29. The van der Waals surface area contributed by atoms with Crippen LogP contribution in [-0.4, -0.2) is 14.8 Å². The Balaban J connectivity index is 1.83.